The third-order valence-corrected chi connectivity index (χ3v) is 3.09. The van der Waals surface area contributed by atoms with E-state index in [0.717, 1.165) is 0 Å². The fourth-order valence-electron chi connectivity index (χ4n) is 2.35. The molecule has 1 N–H and O–H groups in total. The molecule has 2 aromatic rings. The Morgan fingerprint density at radius 2 is 1.60 bits per heavy atom. The van der Waals surface area contributed by atoms with Crippen LogP contribution < -0.4 is 5.32 Å². The third kappa shape index (κ3) is 1.58. The number of amidine groups is 1. The van der Waals surface area contributed by atoms with Gasteiger partial charge in [-0.3, -0.25) is 20.2 Å². The van der Waals surface area contributed by atoms with Crippen molar-refractivity contribution in [3.8, 4) is 0 Å². The van der Waals surface area contributed by atoms with Crippen molar-refractivity contribution in [1.82, 2.24) is 0 Å². The van der Waals surface area contributed by atoms with Crippen LogP contribution in [0.2, 0.25) is 0 Å². The molecule has 0 atom stereocenters. The van der Waals surface area contributed by atoms with Gasteiger partial charge in [-0.1, -0.05) is 0 Å². The van der Waals surface area contributed by atoms with Gasteiger partial charge in [0.1, 0.15) is 11.2 Å². The highest BCUT2D eigenvalue weighted by Gasteiger charge is 2.27. The Labute approximate surface area is 112 Å². The Morgan fingerprint density at radius 1 is 1.00 bits per heavy atom. The fraction of sp³-hybridized carbons (Fsp3) is 0.0833. The topological polar surface area (TPSA) is 111 Å². The van der Waals surface area contributed by atoms with E-state index in [9.17, 15) is 20.2 Å². The molecule has 8 nitrogen and oxygen atoms in total. The average molecular weight is 272 g/mol. The van der Waals surface area contributed by atoms with Crippen LogP contribution in [0.3, 0.4) is 0 Å². The molecule has 0 saturated heterocycles. The molecule has 0 bridgehead atoms. The molecule has 100 valence electrons. The number of aliphatic imine (C=N–C) groups is 1. The van der Waals surface area contributed by atoms with Gasteiger partial charge in [-0.05, 0) is 19.1 Å². The van der Waals surface area contributed by atoms with Crippen molar-refractivity contribution in [3.63, 3.8) is 0 Å². The number of non-ortho nitro benzene ring substituents is 2. The zero-order valence-electron chi connectivity index (χ0n) is 10.3. The maximum atomic E-state index is 11.1. The van der Waals surface area contributed by atoms with Crippen LogP contribution in [-0.2, 0) is 0 Å². The lowest BCUT2D eigenvalue weighted by Crippen LogP contribution is -2.11. The number of benzene rings is 2. The molecule has 0 aliphatic carbocycles. The minimum Gasteiger partial charge on any atom is -0.343 e. The molecule has 20 heavy (non-hydrogen) atoms. The summed E-state index contributed by atoms with van der Waals surface area (Å²) in [5.41, 5.74) is 0.472. The van der Waals surface area contributed by atoms with Gasteiger partial charge < -0.3 is 5.32 Å². The molecule has 8 heteroatoms. The van der Waals surface area contributed by atoms with Crippen molar-refractivity contribution in [2.24, 2.45) is 4.99 Å². The summed E-state index contributed by atoms with van der Waals surface area (Å²) in [4.78, 5) is 25.2. The Kier molecular flexibility index (Phi) is 2.40. The van der Waals surface area contributed by atoms with Crippen LogP contribution >= 0.6 is 0 Å². The van der Waals surface area contributed by atoms with Crippen LogP contribution in [-0.4, -0.2) is 15.7 Å². The number of anilines is 1. The fourth-order valence-corrected chi connectivity index (χ4v) is 2.35. The Balaban J connectivity index is 2.53. The Morgan fingerprint density at radius 3 is 2.20 bits per heavy atom. The summed E-state index contributed by atoms with van der Waals surface area (Å²) < 4.78 is 0. The summed E-state index contributed by atoms with van der Waals surface area (Å²) in [7, 11) is 0. The van der Waals surface area contributed by atoms with Crippen molar-refractivity contribution in [1.29, 1.82) is 0 Å². The van der Waals surface area contributed by atoms with Gasteiger partial charge in [0.25, 0.3) is 11.4 Å². The molecule has 1 aliphatic heterocycles. The summed E-state index contributed by atoms with van der Waals surface area (Å²) in [6.07, 6.45) is 0. The number of nitrogens with zero attached hydrogens (tertiary/aromatic N) is 3. The molecule has 1 aliphatic rings. The van der Waals surface area contributed by atoms with Gasteiger partial charge in [-0.15, -0.1) is 0 Å². The maximum absolute atomic E-state index is 11.1. The first kappa shape index (κ1) is 12.0. The van der Waals surface area contributed by atoms with Gasteiger partial charge in [0.15, 0.2) is 0 Å². The van der Waals surface area contributed by atoms with E-state index < -0.39 is 9.85 Å². The molecule has 3 rings (SSSR count). The molecule has 0 spiro atoms. The Hall–Kier alpha value is -3.03. The number of nitro groups is 2. The van der Waals surface area contributed by atoms with Gasteiger partial charge in [0, 0.05) is 17.5 Å². The van der Waals surface area contributed by atoms with E-state index in [-0.39, 0.29) is 16.8 Å². The van der Waals surface area contributed by atoms with E-state index in [1.807, 2.05) is 0 Å². The summed E-state index contributed by atoms with van der Waals surface area (Å²) in [5.74, 6) is 0.626. The minimum atomic E-state index is -0.624. The standard InChI is InChI=1S/C12H8N4O4/c1-6-13-7-2-4-9(15(17)18)12-10(16(19)20)5-3-8(14-6)11(7)12/h2-5H,1H3,(H,13,14). The second-order valence-corrected chi connectivity index (χ2v) is 4.32. The number of nitro benzene ring substituents is 2. The van der Waals surface area contributed by atoms with Gasteiger partial charge in [0.2, 0.25) is 0 Å². The molecular weight excluding hydrogens is 264 g/mol. The van der Waals surface area contributed by atoms with E-state index in [0.29, 0.717) is 22.6 Å². The highest BCUT2D eigenvalue weighted by molar-refractivity contribution is 6.17. The summed E-state index contributed by atoms with van der Waals surface area (Å²) in [6, 6.07) is 5.54. The summed E-state index contributed by atoms with van der Waals surface area (Å²) in [5, 5.41) is 25.6. The van der Waals surface area contributed by atoms with Crippen LogP contribution in [0, 0.1) is 20.2 Å². The van der Waals surface area contributed by atoms with Gasteiger partial charge in [0.05, 0.1) is 21.2 Å². The van der Waals surface area contributed by atoms with Crippen LogP contribution in [0.4, 0.5) is 22.7 Å². The lowest BCUT2D eigenvalue weighted by Gasteiger charge is -2.16. The number of hydrogen-bond acceptors (Lipinski definition) is 6. The Bertz CT molecular complexity index is 792. The minimum absolute atomic E-state index is 0.00116. The summed E-state index contributed by atoms with van der Waals surface area (Å²) in [6.45, 7) is 1.75. The summed E-state index contributed by atoms with van der Waals surface area (Å²) >= 11 is 0. The first-order valence-corrected chi connectivity index (χ1v) is 5.70. The number of rotatable bonds is 2. The predicted molar refractivity (Wildman–Crippen MR) is 73.6 cm³/mol. The maximum Gasteiger partial charge on any atom is 0.284 e. The molecule has 0 fully saturated rings. The smallest absolute Gasteiger partial charge is 0.284 e. The number of nitrogens with one attached hydrogen (secondary N) is 1. The monoisotopic (exact) mass is 272 g/mol. The molecule has 2 aromatic carbocycles. The van der Waals surface area contributed by atoms with Gasteiger partial charge in [-0.2, -0.15) is 0 Å². The lowest BCUT2D eigenvalue weighted by molar-refractivity contribution is -0.390. The van der Waals surface area contributed by atoms with Crippen molar-refractivity contribution in [3.05, 3.63) is 44.5 Å². The highest BCUT2D eigenvalue weighted by Crippen LogP contribution is 2.44. The third-order valence-electron chi connectivity index (χ3n) is 3.09. The van der Waals surface area contributed by atoms with Crippen LogP contribution in [0.25, 0.3) is 10.8 Å². The van der Waals surface area contributed by atoms with Crippen molar-refractivity contribution in [2.75, 3.05) is 5.32 Å². The second kappa shape index (κ2) is 3.98. The molecule has 0 amide bonds. The largest absolute Gasteiger partial charge is 0.343 e. The van der Waals surface area contributed by atoms with Gasteiger partial charge >= 0.3 is 0 Å². The first-order valence-electron chi connectivity index (χ1n) is 5.70. The van der Waals surface area contributed by atoms with E-state index in [2.05, 4.69) is 10.3 Å². The predicted octanol–water partition coefficient (Wildman–Crippen LogP) is 3.13. The van der Waals surface area contributed by atoms with E-state index in [4.69, 9.17) is 0 Å². The zero-order chi connectivity index (χ0) is 14.4. The first-order chi connectivity index (χ1) is 9.49. The molecule has 0 unspecified atom stereocenters. The zero-order valence-corrected chi connectivity index (χ0v) is 10.3. The molecule has 0 radical (unpaired) electrons. The van der Waals surface area contributed by atoms with Crippen LogP contribution in [0.5, 0.6) is 0 Å². The molecule has 1 heterocycles. The average Bonchev–Trinajstić information content (AvgIpc) is 2.38. The molecular formula is C12H8N4O4. The van der Waals surface area contributed by atoms with E-state index >= 15 is 0 Å². The van der Waals surface area contributed by atoms with E-state index in [1.54, 1.807) is 6.92 Å². The normalized spacial score (nSPS) is 12.8. The van der Waals surface area contributed by atoms with E-state index in [1.165, 1.54) is 24.3 Å². The van der Waals surface area contributed by atoms with Crippen molar-refractivity contribution >= 4 is 39.4 Å². The molecule has 0 saturated carbocycles. The number of hydrogen-bond donors (Lipinski definition) is 1. The lowest BCUT2D eigenvalue weighted by atomic mass is 10.0. The van der Waals surface area contributed by atoms with Crippen molar-refractivity contribution in [2.45, 2.75) is 6.92 Å². The second-order valence-electron chi connectivity index (χ2n) is 4.32. The highest BCUT2D eigenvalue weighted by atomic mass is 16.6. The van der Waals surface area contributed by atoms with Crippen molar-refractivity contribution < 1.29 is 9.85 Å². The molecule has 0 aromatic heterocycles. The van der Waals surface area contributed by atoms with Crippen LogP contribution in [0.15, 0.2) is 29.3 Å². The van der Waals surface area contributed by atoms with Gasteiger partial charge in [-0.25, -0.2) is 4.99 Å². The SMILES string of the molecule is CC1=Nc2ccc([N+](=O)[O-])c3c([N+](=O)[O-])ccc(c23)N1. The quantitative estimate of drug-likeness (QED) is 0.666. The van der Waals surface area contributed by atoms with Crippen LogP contribution in [0.1, 0.15) is 6.92 Å².